The summed E-state index contributed by atoms with van der Waals surface area (Å²) in [7, 11) is 1.80. The van der Waals surface area contributed by atoms with Crippen molar-refractivity contribution in [2.24, 2.45) is 17.8 Å². The van der Waals surface area contributed by atoms with Crippen LogP contribution >= 0.6 is 0 Å². The molecule has 0 spiro atoms. The standard InChI is InChI=1S/C21H28O2/c1-14(22)3-4-15-5-6-20(23-2)19(10-15)21-11-16-7-17(12-21)9-18(8-16)13-21/h3-6,10,14,16-18,22H,7-9,11-13H2,1-2H3. The van der Waals surface area contributed by atoms with Crippen LogP contribution in [0.5, 0.6) is 5.75 Å². The van der Waals surface area contributed by atoms with Gasteiger partial charge in [0.25, 0.3) is 0 Å². The van der Waals surface area contributed by atoms with Gasteiger partial charge in [0, 0.05) is 5.56 Å². The van der Waals surface area contributed by atoms with Crippen LogP contribution in [0, 0.1) is 17.8 Å². The second-order valence-corrected chi connectivity index (χ2v) is 8.26. The summed E-state index contributed by atoms with van der Waals surface area (Å²) in [6.07, 6.45) is 11.9. The second-order valence-electron chi connectivity index (χ2n) is 8.26. The first kappa shape index (κ1) is 15.3. The zero-order valence-electron chi connectivity index (χ0n) is 14.3. The Morgan fingerprint density at radius 1 is 1.13 bits per heavy atom. The molecule has 1 unspecified atom stereocenters. The van der Waals surface area contributed by atoms with Crippen molar-refractivity contribution in [3.05, 3.63) is 35.4 Å². The SMILES string of the molecule is COc1ccc(C=CC(C)O)cc1C12CC3CC(CC(C3)C1)C2. The van der Waals surface area contributed by atoms with Crippen LogP contribution in [0.25, 0.3) is 6.08 Å². The van der Waals surface area contributed by atoms with Gasteiger partial charge in [-0.25, -0.2) is 0 Å². The van der Waals surface area contributed by atoms with E-state index in [-0.39, 0.29) is 0 Å². The molecule has 2 nitrogen and oxygen atoms in total. The number of hydrogen-bond acceptors (Lipinski definition) is 2. The number of ether oxygens (including phenoxy) is 1. The van der Waals surface area contributed by atoms with E-state index in [1.165, 1.54) is 49.7 Å². The average Bonchev–Trinajstić information content (AvgIpc) is 2.51. The van der Waals surface area contributed by atoms with Crippen molar-refractivity contribution in [1.82, 2.24) is 0 Å². The molecule has 0 radical (unpaired) electrons. The zero-order valence-corrected chi connectivity index (χ0v) is 14.3. The molecule has 23 heavy (non-hydrogen) atoms. The molecule has 0 aromatic heterocycles. The lowest BCUT2D eigenvalue weighted by Crippen LogP contribution is -2.48. The first-order chi connectivity index (χ1) is 11.1. The van der Waals surface area contributed by atoms with Crippen molar-refractivity contribution in [2.45, 2.75) is 57.0 Å². The minimum absolute atomic E-state index is 0.342. The van der Waals surface area contributed by atoms with Crippen molar-refractivity contribution in [2.75, 3.05) is 7.11 Å². The van der Waals surface area contributed by atoms with Gasteiger partial charge < -0.3 is 9.84 Å². The third kappa shape index (κ3) is 2.71. The van der Waals surface area contributed by atoms with Gasteiger partial charge in [0.05, 0.1) is 13.2 Å². The van der Waals surface area contributed by atoms with Gasteiger partial charge in [0.15, 0.2) is 0 Å². The molecule has 1 N–H and O–H groups in total. The van der Waals surface area contributed by atoms with E-state index in [1.54, 1.807) is 14.0 Å². The molecule has 1 aromatic carbocycles. The fourth-order valence-electron chi connectivity index (χ4n) is 5.93. The predicted molar refractivity (Wildman–Crippen MR) is 93.6 cm³/mol. The first-order valence-electron chi connectivity index (χ1n) is 9.13. The molecule has 0 saturated heterocycles. The van der Waals surface area contributed by atoms with E-state index in [1.807, 2.05) is 12.2 Å². The topological polar surface area (TPSA) is 29.5 Å². The summed E-state index contributed by atoms with van der Waals surface area (Å²) in [5.74, 6) is 3.86. The maximum atomic E-state index is 9.50. The van der Waals surface area contributed by atoms with E-state index in [4.69, 9.17) is 4.74 Å². The van der Waals surface area contributed by atoms with Gasteiger partial charge in [0.2, 0.25) is 0 Å². The van der Waals surface area contributed by atoms with Gasteiger partial charge in [-0.15, -0.1) is 0 Å². The highest BCUT2D eigenvalue weighted by Gasteiger charge is 2.52. The van der Waals surface area contributed by atoms with Crippen molar-refractivity contribution in [3.8, 4) is 5.75 Å². The van der Waals surface area contributed by atoms with E-state index >= 15 is 0 Å². The maximum absolute atomic E-state index is 9.50. The smallest absolute Gasteiger partial charge is 0.122 e. The summed E-state index contributed by atoms with van der Waals surface area (Å²) in [5.41, 5.74) is 2.94. The number of hydrogen-bond donors (Lipinski definition) is 1. The van der Waals surface area contributed by atoms with Crippen LogP contribution in [-0.4, -0.2) is 18.3 Å². The second kappa shape index (κ2) is 5.66. The highest BCUT2D eigenvalue weighted by molar-refractivity contribution is 5.56. The van der Waals surface area contributed by atoms with Crippen molar-refractivity contribution >= 4 is 6.08 Å². The highest BCUT2D eigenvalue weighted by Crippen LogP contribution is 2.61. The zero-order chi connectivity index (χ0) is 16.0. The average molecular weight is 312 g/mol. The van der Waals surface area contributed by atoms with Crippen LogP contribution in [-0.2, 0) is 5.41 Å². The van der Waals surface area contributed by atoms with Crippen LogP contribution in [0.4, 0.5) is 0 Å². The molecule has 1 atom stereocenters. The molecule has 4 bridgehead atoms. The lowest BCUT2D eigenvalue weighted by molar-refractivity contribution is -0.00616. The van der Waals surface area contributed by atoms with Crippen LogP contribution in [0.2, 0.25) is 0 Å². The van der Waals surface area contributed by atoms with Crippen molar-refractivity contribution < 1.29 is 9.84 Å². The third-order valence-corrected chi connectivity index (χ3v) is 6.40. The van der Waals surface area contributed by atoms with Gasteiger partial charge in [-0.1, -0.05) is 18.2 Å². The summed E-state index contributed by atoms with van der Waals surface area (Å²) in [6.45, 7) is 1.79. The molecule has 0 aliphatic heterocycles. The van der Waals surface area contributed by atoms with Crippen LogP contribution < -0.4 is 4.74 Å². The summed E-state index contributed by atoms with van der Waals surface area (Å²) < 4.78 is 5.74. The van der Waals surface area contributed by atoms with E-state index in [2.05, 4.69) is 18.2 Å². The Morgan fingerprint density at radius 3 is 2.26 bits per heavy atom. The first-order valence-corrected chi connectivity index (χ1v) is 9.13. The minimum Gasteiger partial charge on any atom is -0.496 e. The monoisotopic (exact) mass is 312 g/mol. The summed E-state index contributed by atoms with van der Waals surface area (Å²) in [5, 5.41) is 9.50. The normalized spacial score (nSPS) is 36.6. The Morgan fingerprint density at radius 2 is 1.74 bits per heavy atom. The molecule has 4 aliphatic rings. The highest BCUT2D eigenvalue weighted by atomic mass is 16.5. The van der Waals surface area contributed by atoms with E-state index < -0.39 is 6.10 Å². The summed E-state index contributed by atoms with van der Waals surface area (Å²) in [4.78, 5) is 0. The Kier molecular flexibility index (Phi) is 3.76. The number of aliphatic hydroxyl groups is 1. The predicted octanol–water partition coefficient (Wildman–Crippen LogP) is 4.56. The molecule has 5 rings (SSSR count). The largest absolute Gasteiger partial charge is 0.496 e. The molecule has 4 fully saturated rings. The van der Waals surface area contributed by atoms with Crippen LogP contribution in [0.15, 0.2) is 24.3 Å². The third-order valence-electron chi connectivity index (χ3n) is 6.40. The molecule has 4 aliphatic carbocycles. The van der Waals surface area contributed by atoms with Crippen LogP contribution in [0.1, 0.15) is 56.6 Å². The number of rotatable bonds is 4. The molecular formula is C21H28O2. The number of aliphatic hydroxyl groups excluding tert-OH is 1. The van der Waals surface area contributed by atoms with Gasteiger partial charge in [0.1, 0.15) is 5.75 Å². The Balaban J connectivity index is 1.73. The summed E-state index contributed by atoms with van der Waals surface area (Å²) in [6, 6.07) is 6.54. The Hall–Kier alpha value is -1.28. The van der Waals surface area contributed by atoms with E-state index in [0.717, 1.165) is 23.5 Å². The Labute approximate surface area is 139 Å². The molecule has 2 heteroatoms. The minimum atomic E-state index is -0.403. The van der Waals surface area contributed by atoms with Gasteiger partial charge in [-0.3, -0.25) is 0 Å². The molecule has 0 amide bonds. The van der Waals surface area contributed by atoms with E-state index in [0.29, 0.717) is 5.41 Å². The lowest BCUT2D eigenvalue weighted by atomic mass is 9.48. The number of benzene rings is 1. The summed E-state index contributed by atoms with van der Waals surface area (Å²) >= 11 is 0. The molecule has 4 saturated carbocycles. The Bertz CT molecular complexity index is 579. The molecule has 124 valence electrons. The maximum Gasteiger partial charge on any atom is 0.122 e. The van der Waals surface area contributed by atoms with Gasteiger partial charge in [-0.2, -0.15) is 0 Å². The fourth-order valence-corrected chi connectivity index (χ4v) is 5.93. The van der Waals surface area contributed by atoms with E-state index in [9.17, 15) is 5.11 Å². The van der Waals surface area contributed by atoms with Crippen LogP contribution in [0.3, 0.4) is 0 Å². The van der Waals surface area contributed by atoms with Crippen molar-refractivity contribution in [1.29, 1.82) is 0 Å². The molecule has 0 heterocycles. The molecular weight excluding hydrogens is 284 g/mol. The van der Waals surface area contributed by atoms with Gasteiger partial charge in [-0.05, 0) is 86.3 Å². The molecule has 1 aromatic rings. The van der Waals surface area contributed by atoms with Gasteiger partial charge >= 0.3 is 0 Å². The van der Waals surface area contributed by atoms with Crippen molar-refractivity contribution in [3.63, 3.8) is 0 Å². The fraction of sp³-hybridized carbons (Fsp3) is 0.619. The number of methoxy groups -OCH3 is 1. The quantitative estimate of drug-likeness (QED) is 0.883. The lowest BCUT2D eigenvalue weighted by Gasteiger charge is -2.57.